The van der Waals surface area contributed by atoms with E-state index in [4.69, 9.17) is 37.0 Å². The number of phosphoric ester groups is 2. The van der Waals surface area contributed by atoms with Gasteiger partial charge in [0.15, 0.2) is 0 Å². The molecule has 0 aliphatic carbocycles. The highest BCUT2D eigenvalue weighted by atomic mass is 31.2. The molecule has 18 heteroatoms. The first-order valence-corrected chi connectivity index (χ1v) is 14.3. The van der Waals surface area contributed by atoms with Crippen LogP contribution < -0.4 is 0 Å². The maximum Gasteiger partial charge on any atom is 0.472 e. The van der Waals surface area contributed by atoms with E-state index in [1.165, 1.54) is 7.11 Å². The van der Waals surface area contributed by atoms with E-state index in [0.717, 1.165) is 0 Å². The summed E-state index contributed by atoms with van der Waals surface area (Å²) in [5, 5.41) is 9.90. The van der Waals surface area contributed by atoms with Crippen molar-refractivity contribution in [3.8, 4) is 0 Å². The lowest BCUT2D eigenvalue weighted by atomic mass is 9.96. The molecule has 3 aliphatic heterocycles. The summed E-state index contributed by atoms with van der Waals surface area (Å²) in [5.41, 5.74) is 0. The molecule has 3 aliphatic rings. The number of aliphatic hydroxyl groups excluding tert-OH is 1. The molecule has 194 valence electrons. The van der Waals surface area contributed by atoms with Gasteiger partial charge in [-0.3, -0.25) is 18.1 Å². The average Bonchev–Trinajstić information content (AvgIpc) is 3.34. The van der Waals surface area contributed by atoms with Gasteiger partial charge in [-0.15, -0.1) is 0 Å². The predicted molar refractivity (Wildman–Crippen MR) is 125 cm³/mol. The molecule has 3 fully saturated rings. The smallest absolute Gasteiger partial charge is 0.390 e. The van der Waals surface area contributed by atoms with E-state index in [-0.39, 0.29) is 37.6 Å². The van der Waals surface area contributed by atoms with E-state index in [2.05, 4.69) is 0 Å². The van der Waals surface area contributed by atoms with Gasteiger partial charge in [-0.05, 0) is 19.3 Å². The van der Waals surface area contributed by atoms with E-state index in [1.54, 1.807) is 15.7 Å². The van der Waals surface area contributed by atoms with Crippen molar-refractivity contribution < 1.29 is 61.1 Å². The third kappa shape index (κ3) is 8.38. The van der Waals surface area contributed by atoms with Crippen LogP contribution in [-0.4, -0.2) is 120 Å². The highest BCUT2D eigenvalue weighted by Crippen LogP contribution is 2.50. The number of hydrogen-bond donors (Lipinski definition) is 3. The van der Waals surface area contributed by atoms with Crippen molar-refractivity contribution in [3.63, 3.8) is 0 Å². The molecule has 0 spiro atoms. The molecule has 11 unspecified atom stereocenters. The topological polar surface area (TPSA) is 169 Å². The molecule has 0 radical (unpaired) electrons. The number of aliphatic hydroxyl groups is 1. The van der Waals surface area contributed by atoms with Gasteiger partial charge in [0.05, 0.1) is 38.1 Å². The minimum absolute atomic E-state index is 0.167. The van der Waals surface area contributed by atoms with Crippen LogP contribution in [-0.2, 0) is 46.2 Å². The molecule has 0 aromatic rings. The normalized spacial score (nSPS) is 41.9. The summed E-state index contributed by atoms with van der Waals surface area (Å²) in [7, 11) is -2.22. The number of methoxy groups -OCH3 is 1. The fourth-order valence-electron chi connectivity index (χ4n) is 4.35. The summed E-state index contributed by atoms with van der Waals surface area (Å²) >= 11 is 0. The lowest BCUT2D eigenvalue weighted by Crippen LogP contribution is -2.31. The van der Waals surface area contributed by atoms with Crippen molar-refractivity contribution in [2.24, 2.45) is 0 Å². The van der Waals surface area contributed by atoms with Crippen LogP contribution in [0.15, 0.2) is 0 Å². The molecule has 3 rings (SSSR count). The van der Waals surface area contributed by atoms with E-state index in [0.29, 0.717) is 12.8 Å². The second kappa shape index (κ2) is 12.2. The standard InChI is InChI=1S/C16H33B3O13P2/c1-25-5-12-9(3-15(18)29-12)31-34(23,24)27-7-13-10(4-16(19)30-13)32-33(21,22)26-6-11-8(20)2-14(17)28-11/h8-16,20H,2-7,17-19H2,1H3,(H,21,22)(H,23,24). The van der Waals surface area contributed by atoms with Crippen LogP contribution in [0.1, 0.15) is 19.3 Å². The van der Waals surface area contributed by atoms with Gasteiger partial charge < -0.3 is 33.8 Å². The Balaban J connectivity index is 1.50. The molecule has 3 heterocycles. The van der Waals surface area contributed by atoms with Crippen LogP contribution in [0.5, 0.6) is 0 Å². The van der Waals surface area contributed by atoms with Crippen LogP contribution >= 0.6 is 15.6 Å². The Hall–Kier alpha value is 0.215. The summed E-state index contributed by atoms with van der Waals surface area (Å²) in [5.74, 6) is 0. The molecule has 0 amide bonds. The predicted octanol–water partition coefficient (Wildman–Crippen LogP) is -2.76. The molecular weight excluding hydrogens is 495 g/mol. The molecular formula is C16H33B3O13P2. The lowest BCUT2D eigenvalue weighted by molar-refractivity contribution is -0.0352. The SMILES string of the molecule is BC1CC(O)C(COP(=O)(O)OC2CC(B)OC2COP(=O)(O)OC2CC(B)OC2COC)O1. The van der Waals surface area contributed by atoms with Gasteiger partial charge in [0.1, 0.15) is 41.9 Å². The first kappa shape index (κ1) is 28.8. The van der Waals surface area contributed by atoms with E-state index >= 15 is 0 Å². The Kier molecular flexibility index (Phi) is 10.3. The number of ether oxygens (including phenoxy) is 4. The Morgan fingerprint density at radius 3 is 1.62 bits per heavy atom. The molecule has 13 nitrogen and oxygen atoms in total. The van der Waals surface area contributed by atoms with Gasteiger partial charge >= 0.3 is 15.6 Å². The fourth-order valence-corrected chi connectivity index (χ4v) is 6.27. The number of rotatable bonds is 12. The van der Waals surface area contributed by atoms with Crippen molar-refractivity contribution in [1.82, 2.24) is 0 Å². The fraction of sp³-hybridized carbons (Fsp3) is 1.00. The molecule has 0 bridgehead atoms. The molecule has 11 atom stereocenters. The molecule has 0 saturated carbocycles. The zero-order valence-electron chi connectivity index (χ0n) is 19.8. The molecule has 0 aromatic carbocycles. The first-order chi connectivity index (χ1) is 15.9. The van der Waals surface area contributed by atoms with Gasteiger partial charge in [0.25, 0.3) is 0 Å². The highest BCUT2D eigenvalue weighted by molar-refractivity contribution is 7.47. The third-order valence-corrected chi connectivity index (χ3v) is 7.88. The van der Waals surface area contributed by atoms with Crippen molar-refractivity contribution in [1.29, 1.82) is 0 Å². The monoisotopic (exact) mass is 528 g/mol. The third-order valence-electron chi connectivity index (χ3n) is 5.85. The zero-order valence-corrected chi connectivity index (χ0v) is 21.5. The Bertz CT molecular complexity index is 766. The van der Waals surface area contributed by atoms with Gasteiger partial charge in [-0.2, -0.15) is 0 Å². The van der Waals surface area contributed by atoms with Crippen molar-refractivity contribution in [2.45, 2.75) is 73.9 Å². The van der Waals surface area contributed by atoms with Gasteiger partial charge in [-0.1, -0.05) is 0 Å². The summed E-state index contributed by atoms with van der Waals surface area (Å²) in [4.78, 5) is 20.3. The van der Waals surface area contributed by atoms with E-state index in [9.17, 15) is 24.0 Å². The second-order valence-electron chi connectivity index (χ2n) is 9.00. The van der Waals surface area contributed by atoms with Gasteiger partial charge in [0.2, 0.25) is 0 Å². The Labute approximate surface area is 201 Å². The van der Waals surface area contributed by atoms with Crippen LogP contribution in [0.2, 0.25) is 0 Å². The Morgan fingerprint density at radius 2 is 1.18 bits per heavy atom. The molecule has 3 N–H and O–H groups in total. The number of phosphoric acid groups is 2. The van der Waals surface area contributed by atoms with Crippen molar-refractivity contribution in [3.05, 3.63) is 0 Å². The zero-order chi connectivity index (χ0) is 25.1. The summed E-state index contributed by atoms with van der Waals surface area (Å²) in [6.07, 6.45) is -3.55. The average molecular weight is 528 g/mol. The van der Waals surface area contributed by atoms with Crippen LogP contribution in [0, 0.1) is 0 Å². The Morgan fingerprint density at radius 1 is 0.765 bits per heavy atom. The molecule has 0 aromatic heterocycles. The summed E-state index contributed by atoms with van der Waals surface area (Å²) in [6, 6.07) is -0.707. The minimum Gasteiger partial charge on any atom is -0.390 e. The number of hydrogen-bond acceptors (Lipinski definition) is 11. The van der Waals surface area contributed by atoms with Crippen molar-refractivity contribution >= 4 is 39.2 Å². The maximum absolute atomic E-state index is 12.5. The highest BCUT2D eigenvalue weighted by Gasteiger charge is 2.43. The van der Waals surface area contributed by atoms with Gasteiger partial charge in [0, 0.05) is 25.1 Å². The first-order valence-electron chi connectivity index (χ1n) is 11.3. The van der Waals surface area contributed by atoms with E-state index in [1.807, 2.05) is 7.85 Å². The van der Waals surface area contributed by atoms with Crippen LogP contribution in [0.4, 0.5) is 0 Å². The van der Waals surface area contributed by atoms with Crippen LogP contribution in [0.3, 0.4) is 0 Å². The largest absolute Gasteiger partial charge is 0.472 e. The second-order valence-corrected chi connectivity index (χ2v) is 11.8. The van der Waals surface area contributed by atoms with E-state index < -0.39 is 58.9 Å². The summed E-state index contributed by atoms with van der Waals surface area (Å²) in [6.45, 7) is -0.543. The minimum atomic E-state index is -4.54. The summed E-state index contributed by atoms with van der Waals surface area (Å²) < 4.78 is 67.4. The molecule has 34 heavy (non-hydrogen) atoms. The lowest BCUT2D eigenvalue weighted by Gasteiger charge is -2.24. The molecule has 3 saturated heterocycles. The van der Waals surface area contributed by atoms with Gasteiger partial charge in [-0.25, -0.2) is 9.13 Å². The maximum atomic E-state index is 12.5. The van der Waals surface area contributed by atoms with Crippen LogP contribution in [0.25, 0.3) is 0 Å². The quantitative estimate of drug-likeness (QED) is 0.176. The van der Waals surface area contributed by atoms with Crippen molar-refractivity contribution in [2.75, 3.05) is 26.9 Å².